The summed E-state index contributed by atoms with van der Waals surface area (Å²) in [5.41, 5.74) is 0. The van der Waals surface area contributed by atoms with Crippen LogP contribution in [0, 0.1) is 40.4 Å². The minimum atomic E-state index is -0.250. The summed E-state index contributed by atoms with van der Waals surface area (Å²) >= 11 is 3.98. The molecule has 1 radical (unpaired) electrons. The maximum absolute atomic E-state index is 9.26. The third kappa shape index (κ3) is 36.1. The summed E-state index contributed by atoms with van der Waals surface area (Å²) in [6.07, 6.45) is 0. The van der Waals surface area contributed by atoms with Gasteiger partial charge < -0.3 is 17.4 Å². The van der Waals surface area contributed by atoms with E-state index in [1.807, 2.05) is 0 Å². The van der Waals surface area contributed by atoms with Gasteiger partial charge in [0.15, 0.2) is 0 Å². The molecular formula is C2H3OPmS-. The summed E-state index contributed by atoms with van der Waals surface area (Å²) in [4.78, 5) is 9.26. The summed E-state index contributed by atoms with van der Waals surface area (Å²) in [5.74, 6) is 0. The van der Waals surface area contributed by atoms with E-state index in [4.69, 9.17) is 0 Å². The van der Waals surface area contributed by atoms with Crippen LogP contribution < -0.4 is 0 Å². The Labute approximate surface area is 69.0 Å². The van der Waals surface area contributed by atoms with Crippen LogP contribution in [-0.2, 0) is 17.4 Å². The van der Waals surface area contributed by atoms with Gasteiger partial charge >= 0.3 is 0 Å². The van der Waals surface area contributed by atoms with Gasteiger partial charge in [-0.1, -0.05) is 0 Å². The molecule has 0 saturated carbocycles. The van der Waals surface area contributed by atoms with Crippen molar-refractivity contribution in [2.75, 3.05) is 0 Å². The van der Waals surface area contributed by atoms with E-state index in [9.17, 15) is 4.79 Å². The fraction of sp³-hybridized carbons (Fsp3) is 0.500. The molecule has 0 aliphatic rings. The first kappa shape index (κ1) is 9.52. The van der Waals surface area contributed by atoms with Crippen LogP contribution in [0.3, 0.4) is 0 Å². The summed E-state index contributed by atoms with van der Waals surface area (Å²) in [5, 5.41) is -0.250. The number of hydrogen-bond acceptors (Lipinski definition) is 2. The zero-order valence-corrected chi connectivity index (χ0v) is 6.45. The quantitative estimate of drug-likeness (QED) is 0.538. The fourth-order valence-corrected chi connectivity index (χ4v) is 0. The molecule has 0 N–H and O–H groups in total. The van der Waals surface area contributed by atoms with Crippen LogP contribution in [0.4, 0.5) is 0 Å². The van der Waals surface area contributed by atoms with E-state index in [0.29, 0.717) is 0 Å². The molecule has 3 heteroatoms. The molecule has 0 bridgehead atoms. The number of carbonyl (C=O) groups is 1. The molecule has 0 saturated heterocycles. The zero-order valence-electron chi connectivity index (χ0n) is 2.76. The van der Waals surface area contributed by atoms with Gasteiger partial charge in [0, 0.05) is 45.5 Å². The molecule has 5 heavy (non-hydrogen) atoms. The average Bonchev–Trinajstić information content (AvgIpc) is 0.811. The first-order chi connectivity index (χ1) is 1.73. The second-order valence-corrected chi connectivity index (χ2v) is 1.07. The predicted molar refractivity (Wildman–Crippen MR) is 18.0 cm³/mol. The van der Waals surface area contributed by atoms with Crippen molar-refractivity contribution in [3.8, 4) is 0 Å². The average molecular weight is 220 g/mol. The maximum Gasteiger partial charge on any atom is 0.00878 e. The molecular weight excluding hydrogens is 217 g/mol. The summed E-state index contributed by atoms with van der Waals surface area (Å²) in [6.45, 7) is 1.34. The Bertz CT molecular complexity index is 32.6. The van der Waals surface area contributed by atoms with E-state index in [-0.39, 0.29) is 45.5 Å². The molecule has 0 atom stereocenters. The molecule has 0 aliphatic heterocycles. The molecule has 0 aromatic heterocycles. The minimum Gasteiger partial charge on any atom is -0.742 e. The Morgan fingerprint density at radius 2 is 1.80 bits per heavy atom. The molecule has 0 fully saturated rings. The second-order valence-electron chi connectivity index (χ2n) is 0.492. The molecule has 1 nitrogen and oxygen atoms in total. The minimum absolute atomic E-state index is 0. The monoisotopic (exact) mass is 220 g/mol. The van der Waals surface area contributed by atoms with Crippen LogP contribution in [0.15, 0.2) is 0 Å². The summed E-state index contributed by atoms with van der Waals surface area (Å²) < 4.78 is 0. The van der Waals surface area contributed by atoms with Gasteiger partial charge in [-0.2, -0.15) is 0 Å². The van der Waals surface area contributed by atoms with Crippen molar-refractivity contribution >= 4 is 17.7 Å². The molecule has 0 spiro atoms. The third-order valence-electron chi connectivity index (χ3n) is 0. The molecule has 29 valence electrons. The van der Waals surface area contributed by atoms with E-state index in [0.717, 1.165) is 0 Å². The Morgan fingerprint density at radius 1 is 1.80 bits per heavy atom. The maximum atomic E-state index is 9.26. The fourth-order valence-electron chi connectivity index (χ4n) is 0. The Morgan fingerprint density at radius 3 is 1.80 bits per heavy atom. The van der Waals surface area contributed by atoms with Gasteiger partial charge in [0.05, 0.1) is 0 Å². The van der Waals surface area contributed by atoms with Crippen molar-refractivity contribution in [1.29, 1.82) is 0 Å². The molecule has 0 aliphatic carbocycles. The van der Waals surface area contributed by atoms with E-state index in [1.54, 1.807) is 0 Å². The summed E-state index contributed by atoms with van der Waals surface area (Å²) in [7, 11) is 0. The Kier molecular flexibility index (Phi) is 9.96. The zero-order chi connectivity index (χ0) is 3.58. The standard InChI is InChI=1S/C2H4OS.Pm/c1-2(3)4;/h1H3,(H,3,4);/p-1. The van der Waals surface area contributed by atoms with Crippen molar-refractivity contribution < 1.29 is 45.2 Å². The van der Waals surface area contributed by atoms with Crippen LogP contribution >= 0.6 is 0 Å². The van der Waals surface area contributed by atoms with Crippen LogP contribution in [0.1, 0.15) is 6.92 Å². The van der Waals surface area contributed by atoms with Gasteiger partial charge in [0.25, 0.3) is 0 Å². The number of carbonyl (C=O) groups excluding carboxylic acids is 1. The van der Waals surface area contributed by atoms with Gasteiger partial charge in [-0.25, -0.2) is 0 Å². The van der Waals surface area contributed by atoms with E-state index >= 15 is 0 Å². The van der Waals surface area contributed by atoms with Crippen LogP contribution in [0.25, 0.3) is 0 Å². The van der Waals surface area contributed by atoms with Crippen LogP contribution in [-0.4, -0.2) is 5.12 Å². The molecule has 0 aromatic carbocycles. The van der Waals surface area contributed by atoms with Gasteiger partial charge in [-0.15, -0.1) is 0 Å². The third-order valence-corrected chi connectivity index (χ3v) is 0. The topological polar surface area (TPSA) is 17.1 Å². The smallest absolute Gasteiger partial charge is 0.00878 e. The largest absolute Gasteiger partial charge is 0.742 e. The second kappa shape index (κ2) is 5.23. The number of hydrogen-bond donors (Lipinski definition) is 0. The van der Waals surface area contributed by atoms with Gasteiger partial charge in [-0.05, 0) is 6.92 Å². The van der Waals surface area contributed by atoms with Gasteiger partial charge in [0.2, 0.25) is 0 Å². The van der Waals surface area contributed by atoms with Crippen molar-refractivity contribution in [2.45, 2.75) is 6.92 Å². The van der Waals surface area contributed by atoms with E-state index in [1.165, 1.54) is 6.92 Å². The SMILES string of the molecule is CC(=O)[S-].[Pm]. The molecule has 0 unspecified atom stereocenters. The van der Waals surface area contributed by atoms with E-state index in [2.05, 4.69) is 12.6 Å². The molecule has 0 aromatic rings. The molecule has 0 rings (SSSR count). The normalized spacial score (nSPS) is 5.00. The van der Waals surface area contributed by atoms with Crippen molar-refractivity contribution in [3.05, 3.63) is 0 Å². The van der Waals surface area contributed by atoms with Gasteiger partial charge in [0.1, 0.15) is 0 Å². The van der Waals surface area contributed by atoms with Crippen LogP contribution in [0.2, 0.25) is 0 Å². The van der Waals surface area contributed by atoms with Crippen molar-refractivity contribution in [1.82, 2.24) is 0 Å². The Balaban J connectivity index is 0. The predicted octanol–water partition coefficient (Wildman–Crippen LogP) is 0.0798. The molecule has 0 heterocycles. The summed E-state index contributed by atoms with van der Waals surface area (Å²) in [6, 6.07) is 0. The Hall–Kier alpha value is 1.23. The van der Waals surface area contributed by atoms with Crippen LogP contribution in [0.5, 0.6) is 0 Å². The first-order valence-electron chi connectivity index (χ1n) is 0.908. The van der Waals surface area contributed by atoms with Crippen molar-refractivity contribution in [3.63, 3.8) is 0 Å². The number of rotatable bonds is 0. The van der Waals surface area contributed by atoms with E-state index < -0.39 is 0 Å². The van der Waals surface area contributed by atoms with Crippen molar-refractivity contribution in [2.24, 2.45) is 0 Å². The molecule has 0 amide bonds. The van der Waals surface area contributed by atoms with Gasteiger partial charge in [-0.3, -0.25) is 0 Å². The first-order valence-corrected chi connectivity index (χ1v) is 1.32.